The van der Waals surface area contributed by atoms with Crippen LogP contribution in [0.4, 0.5) is 5.69 Å². The molecule has 2 N–H and O–H groups in total. The maximum absolute atomic E-state index is 5.82. The van der Waals surface area contributed by atoms with Crippen LogP contribution in [-0.4, -0.2) is 25.7 Å². The summed E-state index contributed by atoms with van der Waals surface area (Å²) in [6, 6.07) is 8.16. The molecule has 1 aliphatic heterocycles. The largest absolute Gasteiger partial charge is 0.489 e. The fourth-order valence-corrected chi connectivity index (χ4v) is 1.78. The predicted octanol–water partition coefficient (Wildman–Crippen LogP) is 1.86. The number of hydrogen-bond acceptors (Lipinski definition) is 3. The highest BCUT2D eigenvalue weighted by molar-refractivity contribution is 5.46. The molecule has 0 amide bonds. The van der Waals surface area contributed by atoms with Crippen LogP contribution >= 0.6 is 0 Å². The third-order valence-electron chi connectivity index (χ3n) is 2.55. The number of ether oxygens (including phenoxy) is 1. The van der Waals surface area contributed by atoms with E-state index in [1.807, 2.05) is 12.1 Å². The lowest BCUT2D eigenvalue weighted by Crippen LogP contribution is -2.19. The highest BCUT2D eigenvalue weighted by atomic mass is 16.5. The van der Waals surface area contributed by atoms with Crippen molar-refractivity contribution in [2.75, 3.05) is 25.0 Å². The van der Waals surface area contributed by atoms with E-state index in [2.05, 4.69) is 29.7 Å². The Balaban J connectivity index is 1.91. The first kappa shape index (κ1) is 10.3. The molecule has 0 radical (unpaired) electrons. The van der Waals surface area contributed by atoms with Crippen LogP contribution in [0, 0.1) is 0 Å². The number of benzene rings is 1. The van der Waals surface area contributed by atoms with Crippen LogP contribution in [0.25, 0.3) is 0 Å². The standard InChI is InChI=1S/C12H18N2O/c1-2-14-10-3-5-11(6-4-10)15-12-7-8-13-9-12/h3-6,12-14H,2,7-9H2,1H3. The molecule has 1 heterocycles. The van der Waals surface area contributed by atoms with E-state index in [0.29, 0.717) is 6.10 Å². The Bertz CT molecular complexity index is 291. The maximum Gasteiger partial charge on any atom is 0.119 e. The zero-order valence-electron chi connectivity index (χ0n) is 9.12. The average Bonchev–Trinajstić information content (AvgIpc) is 2.74. The van der Waals surface area contributed by atoms with E-state index in [1.54, 1.807) is 0 Å². The Kier molecular flexibility index (Phi) is 3.45. The molecule has 1 atom stereocenters. The summed E-state index contributed by atoms with van der Waals surface area (Å²) >= 11 is 0. The molecule has 82 valence electrons. The molecule has 3 nitrogen and oxygen atoms in total. The second kappa shape index (κ2) is 5.03. The third-order valence-corrected chi connectivity index (χ3v) is 2.55. The second-order valence-electron chi connectivity index (χ2n) is 3.79. The number of anilines is 1. The van der Waals surface area contributed by atoms with Crippen molar-refractivity contribution in [3.8, 4) is 5.75 Å². The van der Waals surface area contributed by atoms with E-state index in [1.165, 1.54) is 0 Å². The molecule has 2 rings (SSSR count). The van der Waals surface area contributed by atoms with Gasteiger partial charge in [0.2, 0.25) is 0 Å². The van der Waals surface area contributed by atoms with Crippen LogP contribution < -0.4 is 15.4 Å². The highest BCUT2D eigenvalue weighted by Gasteiger charge is 2.15. The minimum atomic E-state index is 0.343. The summed E-state index contributed by atoms with van der Waals surface area (Å²) < 4.78 is 5.82. The lowest BCUT2D eigenvalue weighted by molar-refractivity contribution is 0.223. The van der Waals surface area contributed by atoms with Gasteiger partial charge in [-0.3, -0.25) is 0 Å². The molecule has 1 aromatic rings. The van der Waals surface area contributed by atoms with Crippen molar-refractivity contribution in [1.82, 2.24) is 5.32 Å². The van der Waals surface area contributed by atoms with E-state index < -0.39 is 0 Å². The maximum atomic E-state index is 5.82. The van der Waals surface area contributed by atoms with Crippen molar-refractivity contribution in [3.05, 3.63) is 24.3 Å². The van der Waals surface area contributed by atoms with Gasteiger partial charge in [-0.05, 0) is 44.2 Å². The predicted molar refractivity (Wildman–Crippen MR) is 62.5 cm³/mol. The molecule has 0 aromatic heterocycles. The molecule has 1 unspecified atom stereocenters. The topological polar surface area (TPSA) is 33.3 Å². The molecule has 1 fully saturated rings. The van der Waals surface area contributed by atoms with Gasteiger partial charge in [0.25, 0.3) is 0 Å². The van der Waals surface area contributed by atoms with Gasteiger partial charge >= 0.3 is 0 Å². The summed E-state index contributed by atoms with van der Waals surface area (Å²) in [5.41, 5.74) is 1.15. The van der Waals surface area contributed by atoms with Crippen molar-refractivity contribution in [1.29, 1.82) is 0 Å². The zero-order chi connectivity index (χ0) is 10.5. The van der Waals surface area contributed by atoms with Crippen molar-refractivity contribution in [2.45, 2.75) is 19.4 Å². The molecule has 0 bridgehead atoms. The molecule has 1 aromatic carbocycles. The Morgan fingerprint density at radius 2 is 2.20 bits per heavy atom. The summed E-state index contributed by atoms with van der Waals surface area (Å²) in [5, 5.41) is 6.55. The SMILES string of the molecule is CCNc1ccc(OC2CCNC2)cc1. The van der Waals surface area contributed by atoms with E-state index in [9.17, 15) is 0 Å². The Morgan fingerprint density at radius 1 is 1.40 bits per heavy atom. The molecule has 3 heteroatoms. The molecular weight excluding hydrogens is 188 g/mol. The molecule has 1 aliphatic rings. The number of hydrogen-bond donors (Lipinski definition) is 2. The minimum Gasteiger partial charge on any atom is -0.489 e. The molecule has 1 saturated heterocycles. The lowest BCUT2D eigenvalue weighted by atomic mass is 10.3. The second-order valence-corrected chi connectivity index (χ2v) is 3.79. The van der Waals surface area contributed by atoms with Gasteiger partial charge in [0.15, 0.2) is 0 Å². The van der Waals surface area contributed by atoms with Crippen molar-refractivity contribution in [2.24, 2.45) is 0 Å². The number of rotatable bonds is 4. The monoisotopic (exact) mass is 206 g/mol. The molecule has 0 spiro atoms. The van der Waals surface area contributed by atoms with Crippen LogP contribution in [0.15, 0.2) is 24.3 Å². The normalized spacial score (nSPS) is 20.2. The number of nitrogens with one attached hydrogen (secondary N) is 2. The van der Waals surface area contributed by atoms with E-state index in [4.69, 9.17) is 4.74 Å². The highest BCUT2D eigenvalue weighted by Crippen LogP contribution is 2.18. The molecule has 15 heavy (non-hydrogen) atoms. The van der Waals surface area contributed by atoms with E-state index in [-0.39, 0.29) is 0 Å². The Morgan fingerprint density at radius 3 is 2.80 bits per heavy atom. The lowest BCUT2D eigenvalue weighted by Gasteiger charge is -2.12. The first-order chi connectivity index (χ1) is 7.38. The summed E-state index contributed by atoms with van der Waals surface area (Å²) in [5.74, 6) is 0.963. The van der Waals surface area contributed by atoms with Crippen LogP contribution in [0.1, 0.15) is 13.3 Å². The van der Waals surface area contributed by atoms with Crippen molar-refractivity contribution in [3.63, 3.8) is 0 Å². The first-order valence-corrected chi connectivity index (χ1v) is 5.60. The van der Waals surface area contributed by atoms with E-state index in [0.717, 1.165) is 37.5 Å². The quantitative estimate of drug-likeness (QED) is 0.789. The van der Waals surface area contributed by atoms with Gasteiger partial charge in [-0.15, -0.1) is 0 Å². The van der Waals surface area contributed by atoms with Crippen LogP contribution in [-0.2, 0) is 0 Å². The summed E-state index contributed by atoms with van der Waals surface area (Å²) in [7, 11) is 0. The van der Waals surface area contributed by atoms with Gasteiger partial charge in [-0.1, -0.05) is 0 Å². The van der Waals surface area contributed by atoms with Gasteiger partial charge in [-0.25, -0.2) is 0 Å². The summed E-state index contributed by atoms with van der Waals surface area (Å²) in [4.78, 5) is 0. The third kappa shape index (κ3) is 2.86. The van der Waals surface area contributed by atoms with Gasteiger partial charge in [0.1, 0.15) is 11.9 Å². The van der Waals surface area contributed by atoms with Crippen molar-refractivity contribution >= 4 is 5.69 Å². The van der Waals surface area contributed by atoms with Crippen LogP contribution in [0.3, 0.4) is 0 Å². The van der Waals surface area contributed by atoms with E-state index >= 15 is 0 Å². The minimum absolute atomic E-state index is 0.343. The smallest absolute Gasteiger partial charge is 0.119 e. The Hall–Kier alpha value is -1.22. The van der Waals surface area contributed by atoms with Gasteiger partial charge in [0, 0.05) is 18.8 Å². The van der Waals surface area contributed by atoms with Gasteiger partial charge < -0.3 is 15.4 Å². The fraction of sp³-hybridized carbons (Fsp3) is 0.500. The van der Waals surface area contributed by atoms with Crippen LogP contribution in [0.2, 0.25) is 0 Å². The molecule has 0 aliphatic carbocycles. The van der Waals surface area contributed by atoms with Crippen molar-refractivity contribution < 1.29 is 4.74 Å². The first-order valence-electron chi connectivity index (χ1n) is 5.60. The average molecular weight is 206 g/mol. The molecular formula is C12H18N2O. The van der Waals surface area contributed by atoms with Gasteiger partial charge in [0.05, 0.1) is 0 Å². The summed E-state index contributed by atoms with van der Waals surface area (Å²) in [6.45, 7) is 5.08. The molecule has 0 saturated carbocycles. The fourth-order valence-electron chi connectivity index (χ4n) is 1.78. The van der Waals surface area contributed by atoms with Crippen LogP contribution in [0.5, 0.6) is 5.75 Å². The Labute approximate surface area is 90.8 Å². The summed E-state index contributed by atoms with van der Waals surface area (Å²) in [6.07, 6.45) is 1.45. The van der Waals surface area contributed by atoms with Gasteiger partial charge in [-0.2, -0.15) is 0 Å². The zero-order valence-corrected chi connectivity index (χ0v) is 9.12.